The van der Waals surface area contributed by atoms with E-state index in [9.17, 15) is 9.59 Å². The van der Waals surface area contributed by atoms with Gasteiger partial charge in [-0.2, -0.15) is 0 Å². The van der Waals surface area contributed by atoms with E-state index in [2.05, 4.69) is 15.2 Å². The molecular weight excluding hydrogens is 356 g/mol. The summed E-state index contributed by atoms with van der Waals surface area (Å²) in [6, 6.07) is 7.90. The van der Waals surface area contributed by atoms with Crippen LogP contribution in [0.3, 0.4) is 0 Å². The highest BCUT2D eigenvalue weighted by atomic mass is 35.5. The predicted octanol–water partition coefficient (Wildman–Crippen LogP) is 3.40. The number of nitrogens with zero attached hydrogens (tertiary/aromatic N) is 3. The quantitative estimate of drug-likeness (QED) is 0.833. The fraction of sp³-hybridized carbons (Fsp3) is 0.278. The summed E-state index contributed by atoms with van der Waals surface area (Å²) in [7, 11) is 1.29. The maximum Gasteiger partial charge on any atom is 0.339 e. The Morgan fingerprint density at radius 1 is 1.31 bits per heavy atom. The number of pyridine rings is 1. The Hall–Kier alpha value is -2.80. The van der Waals surface area contributed by atoms with E-state index in [1.54, 1.807) is 23.2 Å². The Balaban J connectivity index is 1.90. The average molecular weight is 375 g/mol. The number of nitrogens with one attached hydrogen (secondary N) is 1. The number of aromatic nitrogens is 1. The summed E-state index contributed by atoms with van der Waals surface area (Å²) < 4.78 is 4.77. The Morgan fingerprint density at radius 2 is 2.12 bits per heavy atom. The van der Waals surface area contributed by atoms with E-state index in [0.29, 0.717) is 23.8 Å². The first-order valence-electron chi connectivity index (χ1n) is 8.21. The minimum atomic E-state index is -0.546. The lowest BCUT2D eigenvalue weighted by molar-refractivity contribution is 0.0602. The number of esters is 1. The maximum absolute atomic E-state index is 12.9. The highest BCUT2D eigenvalue weighted by Gasteiger charge is 2.27. The Labute approximate surface area is 156 Å². The van der Waals surface area contributed by atoms with E-state index in [1.165, 1.54) is 19.2 Å². The van der Waals surface area contributed by atoms with Crippen molar-refractivity contribution in [2.24, 2.45) is 0 Å². The standard InChI is InChI=1S/C18H19ClN4O3/c1-3-22-9-10-23(15-5-4-8-20-16(15)22)18(25)21-14-11-12(19)6-7-13(14)17(24)26-2/h4-8,11H,3,9-10H2,1-2H3,(H,21,25). The number of amides is 2. The second-order valence-electron chi connectivity index (χ2n) is 5.69. The summed E-state index contributed by atoms with van der Waals surface area (Å²) in [4.78, 5) is 32.9. The number of anilines is 3. The summed E-state index contributed by atoms with van der Waals surface area (Å²) in [5.41, 5.74) is 1.27. The molecule has 3 rings (SSSR count). The van der Waals surface area contributed by atoms with Crippen LogP contribution in [0.1, 0.15) is 17.3 Å². The number of hydrogen-bond acceptors (Lipinski definition) is 5. The van der Waals surface area contributed by atoms with Gasteiger partial charge in [0.15, 0.2) is 5.82 Å². The smallest absolute Gasteiger partial charge is 0.339 e. The fourth-order valence-electron chi connectivity index (χ4n) is 2.90. The van der Waals surface area contributed by atoms with Crippen molar-refractivity contribution in [2.45, 2.75) is 6.92 Å². The number of carbonyl (C=O) groups is 2. The van der Waals surface area contributed by atoms with Crippen LogP contribution in [0.4, 0.5) is 22.0 Å². The lowest BCUT2D eigenvalue weighted by Gasteiger charge is -2.36. The van der Waals surface area contributed by atoms with E-state index < -0.39 is 5.97 Å². The molecule has 0 unspecified atom stereocenters. The predicted molar refractivity (Wildman–Crippen MR) is 101 cm³/mol. The van der Waals surface area contributed by atoms with Gasteiger partial charge in [-0.25, -0.2) is 14.6 Å². The van der Waals surface area contributed by atoms with Crippen molar-refractivity contribution in [3.63, 3.8) is 0 Å². The van der Waals surface area contributed by atoms with Crippen molar-refractivity contribution in [3.8, 4) is 0 Å². The highest BCUT2D eigenvalue weighted by molar-refractivity contribution is 6.31. The normalized spacial score (nSPS) is 13.2. The molecule has 0 spiro atoms. The monoisotopic (exact) mass is 374 g/mol. The first-order valence-corrected chi connectivity index (χ1v) is 8.59. The van der Waals surface area contributed by atoms with Gasteiger partial charge in [0.05, 0.1) is 24.0 Å². The van der Waals surface area contributed by atoms with Crippen LogP contribution in [-0.2, 0) is 4.74 Å². The van der Waals surface area contributed by atoms with Crippen LogP contribution >= 0.6 is 11.6 Å². The number of benzene rings is 1. The van der Waals surface area contributed by atoms with Gasteiger partial charge in [-0.15, -0.1) is 0 Å². The molecule has 136 valence electrons. The van der Waals surface area contributed by atoms with Crippen molar-refractivity contribution < 1.29 is 14.3 Å². The maximum atomic E-state index is 12.9. The summed E-state index contributed by atoms with van der Waals surface area (Å²) in [6.45, 7) is 4.03. The molecule has 26 heavy (non-hydrogen) atoms. The second kappa shape index (κ2) is 7.61. The van der Waals surface area contributed by atoms with Crippen LogP contribution in [0.25, 0.3) is 0 Å². The molecule has 0 fully saturated rings. The number of fused-ring (bicyclic) bond motifs is 1. The van der Waals surface area contributed by atoms with Gasteiger partial charge in [0.25, 0.3) is 0 Å². The molecule has 1 aliphatic rings. The largest absolute Gasteiger partial charge is 0.465 e. The molecule has 2 heterocycles. The number of urea groups is 1. The minimum absolute atomic E-state index is 0.240. The van der Waals surface area contributed by atoms with Crippen molar-refractivity contribution >= 4 is 40.8 Å². The van der Waals surface area contributed by atoms with Crippen LogP contribution in [0, 0.1) is 0 Å². The summed E-state index contributed by atoms with van der Waals surface area (Å²) in [5.74, 6) is 0.213. The highest BCUT2D eigenvalue weighted by Crippen LogP contribution is 2.31. The SMILES string of the molecule is CCN1CCN(C(=O)Nc2cc(Cl)ccc2C(=O)OC)c2cccnc21. The third-order valence-corrected chi connectivity index (χ3v) is 4.44. The van der Waals surface area contributed by atoms with E-state index >= 15 is 0 Å². The molecular formula is C18H19ClN4O3. The third kappa shape index (κ3) is 3.43. The van der Waals surface area contributed by atoms with Crippen LogP contribution in [0.5, 0.6) is 0 Å². The topological polar surface area (TPSA) is 74.8 Å². The lowest BCUT2D eigenvalue weighted by atomic mass is 10.2. The molecule has 0 bridgehead atoms. The van der Waals surface area contributed by atoms with E-state index in [0.717, 1.165) is 18.1 Å². The Kier molecular flexibility index (Phi) is 5.27. The zero-order valence-electron chi connectivity index (χ0n) is 14.5. The molecule has 1 aromatic heterocycles. The van der Waals surface area contributed by atoms with E-state index in [-0.39, 0.29) is 11.6 Å². The van der Waals surface area contributed by atoms with Crippen LogP contribution in [0.2, 0.25) is 5.02 Å². The molecule has 1 aromatic carbocycles. The van der Waals surface area contributed by atoms with Crippen molar-refractivity contribution in [3.05, 3.63) is 47.1 Å². The first kappa shape index (κ1) is 18.0. The van der Waals surface area contributed by atoms with Gasteiger partial charge < -0.3 is 15.0 Å². The average Bonchev–Trinajstić information content (AvgIpc) is 2.66. The number of likely N-dealkylation sites (N-methyl/N-ethyl adjacent to an activating group) is 1. The van der Waals surface area contributed by atoms with Crippen LogP contribution < -0.4 is 15.1 Å². The second-order valence-corrected chi connectivity index (χ2v) is 6.13. The number of ether oxygens (including phenoxy) is 1. The number of halogens is 1. The molecule has 2 aromatic rings. The molecule has 2 amide bonds. The molecule has 0 radical (unpaired) electrons. The molecule has 0 aliphatic carbocycles. The number of methoxy groups -OCH3 is 1. The zero-order chi connectivity index (χ0) is 18.7. The molecule has 0 saturated heterocycles. The molecule has 8 heteroatoms. The van der Waals surface area contributed by atoms with Gasteiger partial charge >= 0.3 is 12.0 Å². The van der Waals surface area contributed by atoms with Crippen molar-refractivity contribution in [1.82, 2.24) is 4.98 Å². The summed E-state index contributed by atoms with van der Waals surface area (Å²) in [5, 5.41) is 3.17. The fourth-order valence-corrected chi connectivity index (χ4v) is 3.07. The number of rotatable bonds is 3. The van der Waals surface area contributed by atoms with E-state index in [4.69, 9.17) is 16.3 Å². The minimum Gasteiger partial charge on any atom is -0.465 e. The summed E-state index contributed by atoms with van der Waals surface area (Å²) in [6.07, 6.45) is 1.70. The molecule has 1 aliphatic heterocycles. The van der Waals surface area contributed by atoms with Gasteiger partial charge in [0, 0.05) is 30.9 Å². The summed E-state index contributed by atoms with van der Waals surface area (Å²) >= 11 is 6.02. The lowest BCUT2D eigenvalue weighted by Crippen LogP contribution is -2.46. The van der Waals surface area contributed by atoms with E-state index in [1.807, 2.05) is 13.0 Å². The molecule has 1 N–H and O–H groups in total. The third-order valence-electron chi connectivity index (χ3n) is 4.21. The number of carbonyl (C=O) groups excluding carboxylic acids is 2. The van der Waals surface area contributed by atoms with Gasteiger partial charge in [-0.3, -0.25) is 4.90 Å². The van der Waals surface area contributed by atoms with Gasteiger partial charge in [0.1, 0.15) is 0 Å². The Bertz CT molecular complexity index is 843. The molecule has 0 atom stereocenters. The number of hydrogen-bond donors (Lipinski definition) is 1. The van der Waals surface area contributed by atoms with Gasteiger partial charge in [0.2, 0.25) is 0 Å². The van der Waals surface area contributed by atoms with Gasteiger partial charge in [-0.05, 0) is 37.3 Å². The van der Waals surface area contributed by atoms with Crippen LogP contribution in [0.15, 0.2) is 36.5 Å². The Morgan fingerprint density at radius 3 is 2.85 bits per heavy atom. The van der Waals surface area contributed by atoms with Crippen molar-refractivity contribution in [2.75, 3.05) is 41.9 Å². The molecule has 0 saturated carbocycles. The van der Waals surface area contributed by atoms with Crippen molar-refractivity contribution in [1.29, 1.82) is 0 Å². The van der Waals surface area contributed by atoms with Gasteiger partial charge in [-0.1, -0.05) is 11.6 Å². The molecule has 7 nitrogen and oxygen atoms in total. The zero-order valence-corrected chi connectivity index (χ0v) is 15.3. The first-order chi connectivity index (χ1) is 12.5. The van der Waals surface area contributed by atoms with Crippen LogP contribution in [-0.4, -0.2) is 43.7 Å².